The molecule has 108 valence electrons. The summed E-state index contributed by atoms with van der Waals surface area (Å²) in [6, 6.07) is 6.70. The average molecular weight is 290 g/mol. The molecule has 0 spiro atoms. The molecule has 0 aliphatic rings. The van der Waals surface area contributed by atoms with Crippen molar-refractivity contribution < 1.29 is 4.74 Å². The van der Waals surface area contributed by atoms with Gasteiger partial charge in [-0.15, -0.1) is 11.3 Å². The van der Waals surface area contributed by atoms with Crippen molar-refractivity contribution >= 4 is 11.3 Å². The Morgan fingerprint density at radius 1 is 1.30 bits per heavy atom. The van der Waals surface area contributed by atoms with Gasteiger partial charge in [-0.1, -0.05) is 17.7 Å². The molecule has 1 aromatic heterocycles. The molecular weight excluding hydrogens is 268 g/mol. The minimum absolute atomic E-state index is 0.368. The summed E-state index contributed by atoms with van der Waals surface area (Å²) in [6.07, 6.45) is 1.88. The van der Waals surface area contributed by atoms with E-state index < -0.39 is 0 Å². The van der Waals surface area contributed by atoms with Gasteiger partial charge in [0.25, 0.3) is 0 Å². The van der Waals surface area contributed by atoms with Crippen molar-refractivity contribution in [3.63, 3.8) is 0 Å². The maximum Gasteiger partial charge on any atom is 0.122 e. The van der Waals surface area contributed by atoms with Crippen molar-refractivity contribution in [2.45, 2.75) is 32.7 Å². The zero-order valence-corrected chi connectivity index (χ0v) is 13.4. The highest BCUT2D eigenvalue weighted by molar-refractivity contribution is 7.09. The zero-order chi connectivity index (χ0) is 14.5. The second kappa shape index (κ2) is 6.86. The third-order valence-corrected chi connectivity index (χ3v) is 4.25. The van der Waals surface area contributed by atoms with Crippen LogP contribution in [-0.4, -0.2) is 25.2 Å². The molecule has 1 N–H and O–H groups in total. The Bertz CT molecular complexity index is 565. The van der Waals surface area contributed by atoms with Gasteiger partial charge < -0.3 is 10.1 Å². The highest BCUT2D eigenvalue weighted by atomic mass is 32.1. The summed E-state index contributed by atoms with van der Waals surface area (Å²) in [5.74, 6) is 0.963. The lowest BCUT2D eigenvalue weighted by Gasteiger charge is -2.17. The van der Waals surface area contributed by atoms with E-state index in [1.165, 1.54) is 16.8 Å². The van der Waals surface area contributed by atoms with Crippen molar-refractivity contribution in [2.24, 2.45) is 0 Å². The number of ether oxygens (including phenoxy) is 1. The van der Waals surface area contributed by atoms with Gasteiger partial charge in [-0.3, -0.25) is 0 Å². The van der Waals surface area contributed by atoms with Gasteiger partial charge in [-0.05, 0) is 38.9 Å². The number of likely N-dealkylation sites (N-methyl/N-ethyl adjacent to an activating group) is 1. The van der Waals surface area contributed by atoms with Crippen LogP contribution in [-0.2, 0) is 12.8 Å². The molecule has 1 atom stereocenters. The van der Waals surface area contributed by atoms with Crippen molar-refractivity contribution in [3.05, 3.63) is 45.4 Å². The Morgan fingerprint density at radius 2 is 2.10 bits per heavy atom. The van der Waals surface area contributed by atoms with E-state index in [2.05, 4.69) is 34.7 Å². The molecule has 0 aliphatic carbocycles. The number of thiazole rings is 1. The van der Waals surface area contributed by atoms with E-state index in [0.29, 0.717) is 6.04 Å². The summed E-state index contributed by atoms with van der Waals surface area (Å²) in [4.78, 5) is 4.55. The molecule has 2 aromatic rings. The first-order valence-electron chi connectivity index (χ1n) is 6.84. The van der Waals surface area contributed by atoms with E-state index in [4.69, 9.17) is 4.74 Å². The SMILES string of the molecule is CNC(Cc1csc(C)n1)Cc1cc(C)ccc1OC. The van der Waals surface area contributed by atoms with Crippen LogP contribution in [0, 0.1) is 13.8 Å². The van der Waals surface area contributed by atoms with Crippen LogP contribution in [0.5, 0.6) is 5.75 Å². The molecule has 0 saturated heterocycles. The molecule has 0 bridgehead atoms. The Labute approximate surface area is 125 Å². The largest absolute Gasteiger partial charge is 0.496 e. The average Bonchev–Trinajstić information content (AvgIpc) is 2.83. The first-order chi connectivity index (χ1) is 9.62. The summed E-state index contributed by atoms with van der Waals surface area (Å²) in [7, 11) is 3.73. The molecule has 0 amide bonds. The van der Waals surface area contributed by atoms with Crippen LogP contribution in [0.1, 0.15) is 21.8 Å². The number of hydrogen-bond acceptors (Lipinski definition) is 4. The third-order valence-electron chi connectivity index (χ3n) is 3.43. The van der Waals surface area contributed by atoms with Gasteiger partial charge in [0.05, 0.1) is 17.8 Å². The Kier molecular flexibility index (Phi) is 5.15. The molecule has 3 nitrogen and oxygen atoms in total. The standard InChI is InChI=1S/C16H22N2OS/c1-11-5-6-16(19-4)13(7-11)8-14(17-3)9-15-10-20-12(2)18-15/h5-7,10,14,17H,8-9H2,1-4H3. The molecule has 0 radical (unpaired) electrons. The van der Waals surface area contributed by atoms with Crippen LogP contribution in [0.25, 0.3) is 0 Å². The number of methoxy groups -OCH3 is 1. The quantitative estimate of drug-likeness (QED) is 0.887. The highest BCUT2D eigenvalue weighted by Gasteiger charge is 2.13. The van der Waals surface area contributed by atoms with Crippen molar-refractivity contribution in [3.8, 4) is 5.75 Å². The van der Waals surface area contributed by atoms with Crippen LogP contribution in [0.2, 0.25) is 0 Å². The topological polar surface area (TPSA) is 34.2 Å². The Morgan fingerprint density at radius 3 is 2.70 bits per heavy atom. The van der Waals surface area contributed by atoms with E-state index in [-0.39, 0.29) is 0 Å². The predicted octanol–water partition coefficient (Wildman–Crippen LogP) is 3.14. The number of rotatable bonds is 6. The van der Waals surface area contributed by atoms with Crippen LogP contribution in [0.15, 0.2) is 23.6 Å². The summed E-state index contributed by atoms with van der Waals surface area (Å²) < 4.78 is 5.46. The van der Waals surface area contributed by atoms with Gasteiger partial charge in [0, 0.05) is 17.8 Å². The van der Waals surface area contributed by atoms with Crippen LogP contribution < -0.4 is 10.1 Å². The fourth-order valence-electron chi connectivity index (χ4n) is 2.36. The zero-order valence-electron chi connectivity index (χ0n) is 12.6. The molecule has 0 aliphatic heterocycles. The van der Waals surface area contributed by atoms with Crippen molar-refractivity contribution in [2.75, 3.05) is 14.2 Å². The lowest BCUT2D eigenvalue weighted by molar-refractivity contribution is 0.405. The summed E-state index contributed by atoms with van der Waals surface area (Å²) in [6.45, 7) is 4.16. The van der Waals surface area contributed by atoms with E-state index in [1.54, 1.807) is 18.4 Å². The number of benzene rings is 1. The lowest BCUT2D eigenvalue weighted by Crippen LogP contribution is -2.30. The Hall–Kier alpha value is -1.39. The minimum atomic E-state index is 0.368. The highest BCUT2D eigenvalue weighted by Crippen LogP contribution is 2.22. The molecule has 0 saturated carbocycles. The Balaban J connectivity index is 2.11. The van der Waals surface area contributed by atoms with Gasteiger partial charge in [-0.25, -0.2) is 4.98 Å². The van der Waals surface area contributed by atoms with E-state index >= 15 is 0 Å². The molecule has 0 fully saturated rings. The number of aromatic nitrogens is 1. The second-order valence-electron chi connectivity index (χ2n) is 5.07. The van der Waals surface area contributed by atoms with E-state index in [0.717, 1.165) is 23.6 Å². The van der Waals surface area contributed by atoms with E-state index in [1.807, 2.05) is 20.0 Å². The van der Waals surface area contributed by atoms with Gasteiger partial charge in [0.1, 0.15) is 5.75 Å². The fraction of sp³-hybridized carbons (Fsp3) is 0.438. The van der Waals surface area contributed by atoms with Crippen LogP contribution >= 0.6 is 11.3 Å². The summed E-state index contributed by atoms with van der Waals surface area (Å²) >= 11 is 1.71. The first kappa shape index (κ1) is 15.0. The molecule has 1 unspecified atom stereocenters. The molecule has 20 heavy (non-hydrogen) atoms. The normalized spacial score (nSPS) is 12.4. The number of nitrogens with zero attached hydrogens (tertiary/aromatic N) is 1. The minimum Gasteiger partial charge on any atom is -0.496 e. The molecule has 2 rings (SSSR count). The molecule has 4 heteroatoms. The number of hydrogen-bond donors (Lipinski definition) is 1. The molecular formula is C16H22N2OS. The monoisotopic (exact) mass is 290 g/mol. The number of aryl methyl sites for hydroxylation is 2. The van der Waals surface area contributed by atoms with Gasteiger partial charge >= 0.3 is 0 Å². The molecule has 1 aromatic carbocycles. The van der Waals surface area contributed by atoms with Crippen LogP contribution in [0.4, 0.5) is 0 Å². The van der Waals surface area contributed by atoms with Crippen molar-refractivity contribution in [1.82, 2.24) is 10.3 Å². The van der Waals surface area contributed by atoms with Gasteiger partial charge in [0.2, 0.25) is 0 Å². The van der Waals surface area contributed by atoms with Crippen molar-refractivity contribution in [1.29, 1.82) is 0 Å². The van der Waals surface area contributed by atoms with Gasteiger partial charge in [0.15, 0.2) is 0 Å². The summed E-state index contributed by atoms with van der Waals surface area (Å²) in [5.41, 5.74) is 3.68. The predicted molar refractivity (Wildman–Crippen MR) is 84.8 cm³/mol. The maximum atomic E-state index is 5.46. The maximum absolute atomic E-state index is 5.46. The van der Waals surface area contributed by atoms with E-state index in [9.17, 15) is 0 Å². The third kappa shape index (κ3) is 3.81. The number of nitrogens with one attached hydrogen (secondary N) is 1. The second-order valence-corrected chi connectivity index (χ2v) is 6.13. The lowest BCUT2D eigenvalue weighted by atomic mass is 10.00. The summed E-state index contributed by atoms with van der Waals surface area (Å²) in [5, 5.41) is 6.66. The van der Waals surface area contributed by atoms with Gasteiger partial charge in [-0.2, -0.15) is 0 Å². The fourth-order valence-corrected chi connectivity index (χ4v) is 2.99. The smallest absolute Gasteiger partial charge is 0.122 e. The van der Waals surface area contributed by atoms with Crippen LogP contribution in [0.3, 0.4) is 0 Å². The first-order valence-corrected chi connectivity index (χ1v) is 7.72. The molecule has 1 heterocycles.